The average Bonchev–Trinajstić information content (AvgIpc) is 2.90. The SMILES string of the molecule is O=C(O)c1cc(NC(=O)C2CC2(Cl)Cl)ccc1Cl. The van der Waals surface area contributed by atoms with Crippen LogP contribution in [0.1, 0.15) is 16.8 Å². The summed E-state index contributed by atoms with van der Waals surface area (Å²) in [5.74, 6) is -1.96. The maximum absolute atomic E-state index is 11.7. The minimum Gasteiger partial charge on any atom is -0.478 e. The number of hydrogen-bond acceptors (Lipinski definition) is 2. The summed E-state index contributed by atoms with van der Waals surface area (Å²) in [4.78, 5) is 22.6. The molecule has 1 aromatic rings. The van der Waals surface area contributed by atoms with Crippen molar-refractivity contribution in [2.45, 2.75) is 10.8 Å². The van der Waals surface area contributed by atoms with Crippen molar-refractivity contribution in [1.29, 1.82) is 0 Å². The number of carbonyl (C=O) groups excluding carboxylic acids is 1. The van der Waals surface area contributed by atoms with E-state index in [2.05, 4.69) is 5.32 Å². The molecule has 4 nitrogen and oxygen atoms in total. The molecule has 0 bridgehead atoms. The third-order valence-corrected chi connectivity index (χ3v) is 3.77. The Balaban J connectivity index is 2.13. The molecule has 1 saturated carbocycles. The number of aromatic carboxylic acids is 1. The number of carbonyl (C=O) groups is 2. The van der Waals surface area contributed by atoms with Crippen molar-refractivity contribution in [3.63, 3.8) is 0 Å². The van der Waals surface area contributed by atoms with Crippen molar-refractivity contribution in [3.05, 3.63) is 28.8 Å². The van der Waals surface area contributed by atoms with Gasteiger partial charge in [0.05, 0.1) is 16.5 Å². The van der Waals surface area contributed by atoms with Gasteiger partial charge in [0.25, 0.3) is 0 Å². The van der Waals surface area contributed by atoms with Crippen LogP contribution in [0, 0.1) is 5.92 Å². The van der Waals surface area contributed by atoms with Crippen LogP contribution in [-0.2, 0) is 4.79 Å². The molecule has 1 aliphatic carbocycles. The zero-order valence-corrected chi connectivity index (χ0v) is 11.2. The number of anilines is 1. The minimum atomic E-state index is -1.16. The Morgan fingerprint density at radius 3 is 2.50 bits per heavy atom. The maximum Gasteiger partial charge on any atom is 0.337 e. The summed E-state index contributed by atoms with van der Waals surface area (Å²) in [6, 6.07) is 4.20. The fourth-order valence-corrected chi connectivity index (χ4v) is 2.20. The van der Waals surface area contributed by atoms with Gasteiger partial charge in [-0.05, 0) is 24.6 Å². The van der Waals surface area contributed by atoms with Gasteiger partial charge in [0.2, 0.25) is 5.91 Å². The Hall–Kier alpha value is -0.970. The molecule has 0 saturated heterocycles. The largest absolute Gasteiger partial charge is 0.478 e. The lowest BCUT2D eigenvalue weighted by atomic mass is 10.2. The number of hydrogen-bond donors (Lipinski definition) is 2. The third kappa shape index (κ3) is 2.71. The van der Waals surface area contributed by atoms with Crippen LogP contribution in [0.2, 0.25) is 5.02 Å². The van der Waals surface area contributed by atoms with Gasteiger partial charge in [0.1, 0.15) is 4.33 Å². The van der Waals surface area contributed by atoms with E-state index in [4.69, 9.17) is 39.9 Å². The number of halogens is 3. The number of amides is 1. The number of nitrogens with one attached hydrogen (secondary N) is 1. The predicted octanol–water partition coefficient (Wildman–Crippen LogP) is 3.17. The van der Waals surface area contributed by atoms with Gasteiger partial charge < -0.3 is 10.4 Å². The van der Waals surface area contributed by atoms with Gasteiger partial charge in [0.15, 0.2) is 0 Å². The molecular formula is C11H8Cl3NO3. The standard InChI is InChI=1S/C11H8Cl3NO3/c12-8-2-1-5(3-6(8)10(17)18)15-9(16)7-4-11(7,13)14/h1-3,7H,4H2,(H,15,16)(H,17,18). The number of rotatable bonds is 3. The first-order valence-electron chi connectivity index (χ1n) is 5.03. The van der Waals surface area contributed by atoms with E-state index in [-0.39, 0.29) is 16.5 Å². The molecule has 1 aliphatic rings. The molecule has 0 aliphatic heterocycles. The summed E-state index contributed by atoms with van der Waals surface area (Å²) in [7, 11) is 0. The van der Waals surface area contributed by atoms with Crippen LogP contribution in [0.5, 0.6) is 0 Å². The fourth-order valence-electron chi connectivity index (χ4n) is 1.49. The van der Waals surface area contributed by atoms with E-state index in [0.29, 0.717) is 12.1 Å². The summed E-state index contributed by atoms with van der Waals surface area (Å²) in [6.45, 7) is 0. The van der Waals surface area contributed by atoms with Gasteiger partial charge >= 0.3 is 5.97 Å². The van der Waals surface area contributed by atoms with Gasteiger partial charge in [0, 0.05) is 5.69 Å². The highest BCUT2D eigenvalue weighted by Crippen LogP contribution is 2.53. The van der Waals surface area contributed by atoms with Crippen LogP contribution >= 0.6 is 34.8 Å². The average molecular weight is 309 g/mol. The summed E-state index contributed by atoms with van der Waals surface area (Å²) >= 11 is 17.2. The molecule has 0 heterocycles. The van der Waals surface area contributed by atoms with Crippen molar-refractivity contribution in [2.24, 2.45) is 5.92 Å². The van der Waals surface area contributed by atoms with Crippen molar-refractivity contribution in [1.82, 2.24) is 0 Å². The van der Waals surface area contributed by atoms with E-state index in [1.54, 1.807) is 0 Å². The molecule has 2 N–H and O–H groups in total. The third-order valence-electron chi connectivity index (χ3n) is 2.61. The lowest BCUT2D eigenvalue weighted by molar-refractivity contribution is -0.117. The Labute approximate surface area is 118 Å². The molecule has 0 spiro atoms. The van der Waals surface area contributed by atoms with Crippen molar-refractivity contribution in [3.8, 4) is 0 Å². The van der Waals surface area contributed by atoms with Crippen molar-refractivity contribution in [2.75, 3.05) is 5.32 Å². The van der Waals surface area contributed by atoms with E-state index in [1.165, 1.54) is 18.2 Å². The second kappa shape index (κ2) is 4.61. The molecule has 1 unspecified atom stereocenters. The number of carboxylic acids is 1. The molecule has 7 heteroatoms. The number of carboxylic acid groups (broad SMARTS) is 1. The van der Waals surface area contributed by atoms with E-state index in [0.717, 1.165) is 0 Å². The summed E-state index contributed by atoms with van der Waals surface area (Å²) in [5.41, 5.74) is 0.270. The lowest BCUT2D eigenvalue weighted by Crippen LogP contribution is -2.17. The Morgan fingerprint density at radius 2 is 2.00 bits per heavy atom. The van der Waals surface area contributed by atoms with Crippen molar-refractivity contribution >= 4 is 52.4 Å². The first-order valence-corrected chi connectivity index (χ1v) is 6.16. The molecule has 0 radical (unpaired) electrons. The molecule has 1 aromatic carbocycles. The molecule has 1 amide bonds. The zero-order chi connectivity index (χ0) is 13.5. The summed E-state index contributed by atoms with van der Waals surface area (Å²) in [6.07, 6.45) is 0.390. The Morgan fingerprint density at radius 1 is 1.39 bits per heavy atom. The Bertz CT molecular complexity index is 530. The zero-order valence-electron chi connectivity index (χ0n) is 8.91. The first-order chi connectivity index (χ1) is 8.31. The van der Waals surface area contributed by atoms with Crippen LogP contribution in [0.4, 0.5) is 5.69 Å². The van der Waals surface area contributed by atoms with Crippen LogP contribution in [0.3, 0.4) is 0 Å². The predicted molar refractivity (Wildman–Crippen MR) is 69.6 cm³/mol. The van der Waals surface area contributed by atoms with E-state index >= 15 is 0 Å². The van der Waals surface area contributed by atoms with Crippen LogP contribution in [0.25, 0.3) is 0 Å². The van der Waals surface area contributed by atoms with Gasteiger partial charge in [-0.15, -0.1) is 23.2 Å². The van der Waals surface area contributed by atoms with Gasteiger partial charge in [-0.25, -0.2) is 4.79 Å². The second-order valence-electron chi connectivity index (χ2n) is 4.01. The second-order valence-corrected chi connectivity index (χ2v) is 5.96. The topological polar surface area (TPSA) is 66.4 Å². The fraction of sp³-hybridized carbons (Fsp3) is 0.273. The van der Waals surface area contributed by atoms with E-state index < -0.39 is 16.2 Å². The van der Waals surface area contributed by atoms with Gasteiger partial charge in [-0.3, -0.25) is 4.79 Å². The smallest absolute Gasteiger partial charge is 0.337 e. The highest BCUT2D eigenvalue weighted by molar-refractivity contribution is 6.52. The van der Waals surface area contributed by atoms with Crippen LogP contribution in [0.15, 0.2) is 18.2 Å². The number of benzene rings is 1. The molecule has 0 aromatic heterocycles. The van der Waals surface area contributed by atoms with Gasteiger partial charge in [-0.1, -0.05) is 11.6 Å². The molecule has 1 atom stereocenters. The molecule has 96 valence electrons. The number of alkyl halides is 2. The molecule has 18 heavy (non-hydrogen) atoms. The van der Waals surface area contributed by atoms with E-state index in [9.17, 15) is 9.59 Å². The summed E-state index contributed by atoms with van der Waals surface area (Å²) < 4.78 is -1.01. The van der Waals surface area contributed by atoms with Crippen molar-refractivity contribution < 1.29 is 14.7 Å². The minimum absolute atomic E-state index is 0.0757. The molecule has 2 rings (SSSR count). The first kappa shape index (κ1) is 13.5. The lowest BCUT2D eigenvalue weighted by Gasteiger charge is -2.07. The normalized spacial score (nSPS) is 20.3. The van der Waals surface area contributed by atoms with Gasteiger partial charge in [-0.2, -0.15) is 0 Å². The van der Waals surface area contributed by atoms with E-state index in [1.807, 2.05) is 0 Å². The maximum atomic E-state index is 11.7. The highest BCUT2D eigenvalue weighted by Gasteiger charge is 2.56. The quantitative estimate of drug-likeness (QED) is 0.843. The van der Waals surface area contributed by atoms with Crippen LogP contribution < -0.4 is 5.32 Å². The summed E-state index contributed by atoms with van der Waals surface area (Å²) in [5, 5.41) is 11.5. The van der Waals surface area contributed by atoms with Crippen LogP contribution in [-0.4, -0.2) is 21.3 Å². The molecular weight excluding hydrogens is 300 g/mol. The highest BCUT2D eigenvalue weighted by atomic mass is 35.5. The monoisotopic (exact) mass is 307 g/mol. The Kier molecular flexibility index (Phi) is 3.45. The molecule has 1 fully saturated rings.